The van der Waals surface area contributed by atoms with Crippen molar-refractivity contribution in [2.24, 2.45) is 7.05 Å². The third-order valence-corrected chi connectivity index (χ3v) is 3.71. The molecular formula is C18H16FN3O2. The first-order chi connectivity index (χ1) is 11.5. The van der Waals surface area contributed by atoms with Gasteiger partial charge in [-0.25, -0.2) is 9.18 Å². The Hall–Kier alpha value is -3.15. The topological polar surface area (TPSA) is 63.1 Å². The molecule has 2 N–H and O–H groups in total. The number of pyridine rings is 1. The minimum absolute atomic E-state index is 0.122. The number of urea groups is 1. The normalized spacial score (nSPS) is 10.6. The Morgan fingerprint density at radius 3 is 2.46 bits per heavy atom. The molecule has 1 heterocycles. The second-order valence-corrected chi connectivity index (χ2v) is 5.44. The number of hydrogen-bond acceptors (Lipinski definition) is 2. The number of rotatable bonds is 3. The van der Waals surface area contributed by atoms with Gasteiger partial charge in [0.2, 0.25) is 0 Å². The number of aromatic nitrogens is 1. The maximum Gasteiger partial charge on any atom is 0.319 e. The molecule has 0 bridgehead atoms. The summed E-state index contributed by atoms with van der Waals surface area (Å²) in [7, 11) is 1.64. The molecule has 0 aliphatic rings. The molecule has 0 aliphatic carbocycles. The predicted octanol–water partition coefficient (Wildman–Crippen LogP) is 3.00. The summed E-state index contributed by atoms with van der Waals surface area (Å²) in [6.07, 6.45) is 1.59. The molecule has 3 aromatic rings. The van der Waals surface area contributed by atoms with Gasteiger partial charge in [-0.3, -0.25) is 4.79 Å². The molecule has 6 heteroatoms. The summed E-state index contributed by atoms with van der Waals surface area (Å²) in [5.41, 5.74) is 1.21. The molecule has 24 heavy (non-hydrogen) atoms. The fourth-order valence-corrected chi connectivity index (χ4v) is 2.47. The minimum atomic E-state index is -0.400. The van der Waals surface area contributed by atoms with Gasteiger partial charge in [-0.1, -0.05) is 30.3 Å². The number of amides is 2. The number of aryl methyl sites for hydroxylation is 1. The lowest BCUT2D eigenvalue weighted by Crippen LogP contribution is -2.29. The van der Waals surface area contributed by atoms with Gasteiger partial charge in [0.1, 0.15) is 5.82 Å². The van der Waals surface area contributed by atoms with Gasteiger partial charge >= 0.3 is 6.03 Å². The second kappa shape index (κ2) is 6.54. The van der Waals surface area contributed by atoms with Crippen molar-refractivity contribution >= 4 is 22.5 Å². The van der Waals surface area contributed by atoms with Crippen LogP contribution in [0.1, 0.15) is 5.56 Å². The number of anilines is 1. The van der Waals surface area contributed by atoms with Crippen molar-refractivity contribution in [3.8, 4) is 0 Å². The van der Waals surface area contributed by atoms with Crippen LogP contribution in [0.25, 0.3) is 10.8 Å². The van der Waals surface area contributed by atoms with Gasteiger partial charge in [-0.2, -0.15) is 0 Å². The number of nitrogens with one attached hydrogen (secondary N) is 2. The number of nitrogens with zero attached hydrogens (tertiary/aromatic N) is 1. The first-order valence-corrected chi connectivity index (χ1v) is 7.42. The molecule has 2 aromatic carbocycles. The predicted molar refractivity (Wildman–Crippen MR) is 91.4 cm³/mol. The summed E-state index contributed by atoms with van der Waals surface area (Å²) >= 11 is 0. The van der Waals surface area contributed by atoms with Crippen LogP contribution in [0.15, 0.2) is 59.5 Å². The maximum absolute atomic E-state index is 12.9. The van der Waals surface area contributed by atoms with Gasteiger partial charge in [0.05, 0.1) is 5.69 Å². The molecule has 0 saturated carbocycles. The number of halogens is 1. The Bertz CT molecular complexity index is 949. The molecule has 0 saturated heterocycles. The quantitative estimate of drug-likeness (QED) is 0.777. The summed E-state index contributed by atoms with van der Waals surface area (Å²) in [6, 6.07) is 12.6. The van der Waals surface area contributed by atoms with Gasteiger partial charge in [-0.05, 0) is 23.8 Å². The number of benzene rings is 2. The summed E-state index contributed by atoms with van der Waals surface area (Å²) in [4.78, 5) is 24.2. The van der Waals surface area contributed by atoms with Crippen molar-refractivity contribution in [3.63, 3.8) is 0 Å². The van der Waals surface area contributed by atoms with Gasteiger partial charge in [0, 0.05) is 30.6 Å². The standard InChI is InChI=1S/C18H16FN3O2/c1-22-11-16(14-4-2-3-5-15(14)17(22)23)21-18(24)20-10-12-6-8-13(19)9-7-12/h2-9,11H,10H2,1H3,(H2,20,21,24). The molecule has 122 valence electrons. The van der Waals surface area contributed by atoms with Crippen molar-refractivity contribution in [1.29, 1.82) is 0 Å². The number of carbonyl (C=O) groups is 1. The smallest absolute Gasteiger partial charge is 0.319 e. The van der Waals surface area contributed by atoms with Crippen LogP contribution in [0.4, 0.5) is 14.9 Å². The number of hydrogen-bond donors (Lipinski definition) is 2. The molecule has 5 nitrogen and oxygen atoms in total. The lowest BCUT2D eigenvalue weighted by atomic mass is 10.1. The SMILES string of the molecule is Cn1cc(NC(=O)NCc2ccc(F)cc2)c2ccccc2c1=O. The van der Waals surface area contributed by atoms with Crippen LogP contribution in [0.3, 0.4) is 0 Å². The van der Waals surface area contributed by atoms with E-state index in [9.17, 15) is 14.0 Å². The van der Waals surface area contributed by atoms with Crippen LogP contribution in [0.2, 0.25) is 0 Å². The average molecular weight is 325 g/mol. The fraction of sp³-hybridized carbons (Fsp3) is 0.111. The summed E-state index contributed by atoms with van der Waals surface area (Å²) in [5.74, 6) is -0.320. The third-order valence-electron chi connectivity index (χ3n) is 3.71. The van der Waals surface area contributed by atoms with Crippen LogP contribution < -0.4 is 16.2 Å². The Balaban J connectivity index is 1.77. The monoisotopic (exact) mass is 325 g/mol. The first-order valence-electron chi connectivity index (χ1n) is 7.42. The van der Waals surface area contributed by atoms with Crippen molar-refractivity contribution in [2.45, 2.75) is 6.54 Å². The Morgan fingerprint density at radius 1 is 1.08 bits per heavy atom. The molecule has 0 unspecified atom stereocenters. The van der Waals surface area contributed by atoms with E-state index in [1.807, 2.05) is 6.07 Å². The van der Waals surface area contributed by atoms with E-state index < -0.39 is 6.03 Å². The van der Waals surface area contributed by atoms with E-state index >= 15 is 0 Å². The van der Waals surface area contributed by atoms with E-state index in [1.54, 1.807) is 43.6 Å². The molecule has 2 amide bonds. The molecule has 0 fully saturated rings. The summed E-state index contributed by atoms with van der Waals surface area (Å²) < 4.78 is 14.3. The largest absolute Gasteiger partial charge is 0.334 e. The zero-order chi connectivity index (χ0) is 17.1. The fourth-order valence-electron chi connectivity index (χ4n) is 2.47. The van der Waals surface area contributed by atoms with Crippen LogP contribution >= 0.6 is 0 Å². The van der Waals surface area contributed by atoms with Crippen molar-refractivity contribution in [3.05, 3.63) is 76.5 Å². The zero-order valence-corrected chi connectivity index (χ0v) is 13.0. The lowest BCUT2D eigenvalue weighted by molar-refractivity contribution is 0.252. The van der Waals surface area contributed by atoms with Crippen molar-refractivity contribution in [2.75, 3.05) is 5.32 Å². The van der Waals surface area contributed by atoms with Gasteiger partial charge in [0.25, 0.3) is 5.56 Å². The van der Waals surface area contributed by atoms with E-state index in [0.29, 0.717) is 16.5 Å². The van der Waals surface area contributed by atoms with Crippen LogP contribution in [0, 0.1) is 5.82 Å². The molecular weight excluding hydrogens is 309 g/mol. The average Bonchev–Trinajstić information content (AvgIpc) is 2.59. The highest BCUT2D eigenvalue weighted by Gasteiger charge is 2.09. The van der Waals surface area contributed by atoms with E-state index in [0.717, 1.165) is 5.56 Å². The summed E-state index contributed by atoms with van der Waals surface area (Å²) in [6.45, 7) is 0.274. The molecule has 0 aliphatic heterocycles. The highest BCUT2D eigenvalue weighted by Crippen LogP contribution is 2.19. The van der Waals surface area contributed by atoms with Crippen LogP contribution in [0.5, 0.6) is 0 Å². The Kier molecular flexibility index (Phi) is 4.29. The van der Waals surface area contributed by atoms with Crippen molar-refractivity contribution < 1.29 is 9.18 Å². The summed E-state index contributed by atoms with van der Waals surface area (Å²) in [5, 5.41) is 6.67. The lowest BCUT2D eigenvalue weighted by Gasteiger charge is -2.12. The minimum Gasteiger partial charge on any atom is -0.334 e. The Labute approximate surface area is 137 Å². The van der Waals surface area contributed by atoms with Gasteiger partial charge in [-0.15, -0.1) is 0 Å². The highest BCUT2D eigenvalue weighted by atomic mass is 19.1. The highest BCUT2D eigenvalue weighted by molar-refractivity contribution is 6.00. The van der Waals surface area contributed by atoms with E-state index in [-0.39, 0.29) is 17.9 Å². The molecule has 0 atom stereocenters. The van der Waals surface area contributed by atoms with Gasteiger partial charge in [0.15, 0.2) is 0 Å². The third kappa shape index (κ3) is 3.27. The molecule has 0 spiro atoms. The van der Waals surface area contributed by atoms with Crippen LogP contribution in [-0.4, -0.2) is 10.6 Å². The van der Waals surface area contributed by atoms with Crippen molar-refractivity contribution in [1.82, 2.24) is 9.88 Å². The Morgan fingerprint density at radius 2 is 1.75 bits per heavy atom. The van der Waals surface area contributed by atoms with E-state index in [2.05, 4.69) is 10.6 Å². The van der Waals surface area contributed by atoms with E-state index in [1.165, 1.54) is 16.7 Å². The first kappa shape index (κ1) is 15.7. The van der Waals surface area contributed by atoms with Crippen LogP contribution in [-0.2, 0) is 13.6 Å². The number of carbonyl (C=O) groups excluding carboxylic acids is 1. The zero-order valence-electron chi connectivity index (χ0n) is 13.0. The number of fused-ring (bicyclic) bond motifs is 1. The molecule has 0 radical (unpaired) electrons. The maximum atomic E-state index is 12.9. The molecule has 3 rings (SSSR count). The second-order valence-electron chi connectivity index (χ2n) is 5.44. The van der Waals surface area contributed by atoms with E-state index in [4.69, 9.17) is 0 Å². The van der Waals surface area contributed by atoms with Gasteiger partial charge < -0.3 is 15.2 Å². The molecule has 1 aromatic heterocycles.